The lowest BCUT2D eigenvalue weighted by Gasteiger charge is -2.10. The molecule has 4 nitrogen and oxygen atoms in total. The quantitative estimate of drug-likeness (QED) is 0.710. The molecule has 0 atom stereocenters. The van der Waals surface area contributed by atoms with Crippen molar-refractivity contribution in [1.82, 2.24) is 9.38 Å². The highest BCUT2D eigenvalue weighted by molar-refractivity contribution is 5.94. The van der Waals surface area contributed by atoms with Crippen LogP contribution in [0.25, 0.3) is 16.9 Å². The number of aromatic nitrogens is 2. The standard InChI is InChI=1S/C19H18F3N3O/c1-12(2)11-16(26)24-18-17(23-15-5-3-4-10-25(15)18)13-6-8-14(9-7-13)19(20,21)22/h3-10,12H,11H2,1-2H3,(H,24,26). The summed E-state index contributed by atoms with van der Waals surface area (Å²) in [4.78, 5) is 16.7. The number of benzene rings is 1. The van der Waals surface area contributed by atoms with Crippen LogP contribution in [0, 0.1) is 5.92 Å². The maximum Gasteiger partial charge on any atom is 0.416 e. The molecule has 0 aliphatic carbocycles. The number of carbonyl (C=O) groups excluding carboxylic acids is 1. The second-order valence-corrected chi connectivity index (χ2v) is 6.46. The molecule has 0 fully saturated rings. The third kappa shape index (κ3) is 3.71. The van der Waals surface area contributed by atoms with Crippen molar-refractivity contribution in [3.8, 4) is 11.3 Å². The summed E-state index contributed by atoms with van der Waals surface area (Å²) < 4.78 is 40.1. The van der Waals surface area contributed by atoms with Gasteiger partial charge in [0.25, 0.3) is 0 Å². The zero-order valence-corrected chi connectivity index (χ0v) is 14.3. The summed E-state index contributed by atoms with van der Waals surface area (Å²) in [7, 11) is 0. The summed E-state index contributed by atoms with van der Waals surface area (Å²) in [6.45, 7) is 3.87. The maximum absolute atomic E-state index is 12.8. The van der Waals surface area contributed by atoms with Gasteiger partial charge in [-0.2, -0.15) is 13.2 Å². The number of nitrogens with one attached hydrogen (secondary N) is 1. The predicted octanol–water partition coefficient (Wildman–Crippen LogP) is 5.00. The number of anilines is 1. The number of hydrogen-bond acceptors (Lipinski definition) is 2. The van der Waals surface area contributed by atoms with E-state index >= 15 is 0 Å². The van der Waals surface area contributed by atoms with Crippen LogP contribution in [0.3, 0.4) is 0 Å². The number of nitrogens with zero attached hydrogens (tertiary/aromatic N) is 2. The minimum Gasteiger partial charge on any atom is -0.310 e. The van der Waals surface area contributed by atoms with Gasteiger partial charge >= 0.3 is 6.18 Å². The molecule has 2 heterocycles. The smallest absolute Gasteiger partial charge is 0.310 e. The fourth-order valence-electron chi connectivity index (χ4n) is 2.69. The highest BCUT2D eigenvalue weighted by Gasteiger charge is 2.30. The minimum absolute atomic E-state index is 0.168. The van der Waals surface area contributed by atoms with Crippen molar-refractivity contribution < 1.29 is 18.0 Å². The molecule has 0 bridgehead atoms. The molecule has 3 aromatic rings. The van der Waals surface area contributed by atoms with Gasteiger partial charge < -0.3 is 5.32 Å². The fraction of sp³-hybridized carbons (Fsp3) is 0.263. The lowest BCUT2D eigenvalue weighted by atomic mass is 10.1. The first-order valence-electron chi connectivity index (χ1n) is 8.20. The summed E-state index contributed by atoms with van der Waals surface area (Å²) in [6, 6.07) is 10.1. The van der Waals surface area contributed by atoms with E-state index in [1.165, 1.54) is 12.1 Å². The van der Waals surface area contributed by atoms with Crippen LogP contribution >= 0.6 is 0 Å². The molecule has 136 valence electrons. The van der Waals surface area contributed by atoms with Crippen molar-refractivity contribution in [3.05, 3.63) is 54.2 Å². The van der Waals surface area contributed by atoms with Gasteiger partial charge in [0.15, 0.2) is 0 Å². The fourth-order valence-corrected chi connectivity index (χ4v) is 2.69. The molecule has 3 rings (SSSR count). The maximum atomic E-state index is 12.8. The van der Waals surface area contributed by atoms with Gasteiger partial charge in [-0.05, 0) is 30.2 Å². The lowest BCUT2D eigenvalue weighted by molar-refractivity contribution is -0.137. The first-order chi connectivity index (χ1) is 12.3. The van der Waals surface area contributed by atoms with Gasteiger partial charge in [0.1, 0.15) is 17.2 Å². The molecule has 26 heavy (non-hydrogen) atoms. The average Bonchev–Trinajstić information content (AvgIpc) is 2.92. The molecule has 0 spiro atoms. The molecule has 0 radical (unpaired) electrons. The van der Waals surface area contributed by atoms with E-state index in [1.807, 2.05) is 13.8 Å². The number of carbonyl (C=O) groups is 1. The van der Waals surface area contributed by atoms with E-state index in [1.54, 1.807) is 28.8 Å². The van der Waals surface area contributed by atoms with Gasteiger partial charge in [-0.1, -0.05) is 32.0 Å². The molecule has 1 aromatic carbocycles. The SMILES string of the molecule is CC(C)CC(=O)Nc1c(-c2ccc(C(F)(F)F)cc2)nc2ccccn12. The Kier molecular flexibility index (Phi) is 4.71. The van der Waals surface area contributed by atoms with E-state index in [0.29, 0.717) is 29.1 Å². The van der Waals surface area contributed by atoms with Crippen LogP contribution in [0.15, 0.2) is 48.7 Å². The Balaban J connectivity index is 2.05. The van der Waals surface area contributed by atoms with Crippen molar-refractivity contribution in [3.63, 3.8) is 0 Å². The number of rotatable bonds is 4. The normalized spacial score (nSPS) is 11.9. The number of imidazole rings is 1. The third-order valence-electron chi connectivity index (χ3n) is 3.87. The lowest BCUT2D eigenvalue weighted by Crippen LogP contribution is -2.15. The predicted molar refractivity (Wildman–Crippen MR) is 93.7 cm³/mol. The van der Waals surface area contributed by atoms with Crippen LogP contribution in [0.4, 0.5) is 19.0 Å². The van der Waals surface area contributed by atoms with Crippen LogP contribution in [0.1, 0.15) is 25.8 Å². The minimum atomic E-state index is -4.40. The van der Waals surface area contributed by atoms with E-state index < -0.39 is 11.7 Å². The van der Waals surface area contributed by atoms with E-state index in [4.69, 9.17) is 0 Å². The second kappa shape index (κ2) is 6.82. The van der Waals surface area contributed by atoms with E-state index in [9.17, 15) is 18.0 Å². The molecular formula is C19H18F3N3O. The van der Waals surface area contributed by atoms with Gasteiger partial charge in [-0.25, -0.2) is 4.98 Å². The van der Waals surface area contributed by atoms with Crippen LogP contribution in [0.2, 0.25) is 0 Å². The first kappa shape index (κ1) is 18.0. The Morgan fingerprint density at radius 2 is 1.85 bits per heavy atom. The van der Waals surface area contributed by atoms with E-state index in [-0.39, 0.29) is 11.8 Å². The first-order valence-corrected chi connectivity index (χ1v) is 8.20. The summed E-state index contributed by atoms with van der Waals surface area (Å²) in [5.41, 5.74) is 0.807. The van der Waals surface area contributed by atoms with Gasteiger partial charge in [0.05, 0.1) is 5.56 Å². The Morgan fingerprint density at radius 3 is 2.46 bits per heavy atom. The van der Waals surface area contributed by atoms with Crippen molar-refractivity contribution in [2.75, 3.05) is 5.32 Å². The van der Waals surface area contributed by atoms with Gasteiger partial charge in [0, 0.05) is 18.2 Å². The average molecular weight is 361 g/mol. The Morgan fingerprint density at radius 1 is 1.15 bits per heavy atom. The monoisotopic (exact) mass is 361 g/mol. The molecule has 2 aromatic heterocycles. The molecule has 7 heteroatoms. The summed E-state index contributed by atoms with van der Waals surface area (Å²) in [5, 5.41) is 2.85. The Hall–Kier alpha value is -2.83. The number of halogens is 3. The highest BCUT2D eigenvalue weighted by Crippen LogP contribution is 2.33. The zero-order chi connectivity index (χ0) is 18.9. The van der Waals surface area contributed by atoms with Crippen LogP contribution < -0.4 is 5.32 Å². The second-order valence-electron chi connectivity index (χ2n) is 6.46. The Bertz CT molecular complexity index is 927. The number of amides is 1. The van der Waals surface area contributed by atoms with E-state index in [0.717, 1.165) is 12.1 Å². The van der Waals surface area contributed by atoms with Gasteiger partial charge in [-0.15, -0.1) is 0 Å². The molecule has 0 aliphatic rings. The summed E-state index contributed by atoms with van der Waals surface area (Å²) >= 11 is 0. The number of pyridine rings is 1. The van der Waals surface area contributed by atoms with Gasteiger partial charge in [0.2, 0.25) is 5.91 Å². The molecule has 0 saturated carbocycles. The molecule has 0 saturated heterocycles. The topological polar surface area (TPSA) is 46.4 Å². The Labute approximate surface area is 148 Å². The van der Waals surface area contributed by atoms with Crippen LogP contribution in [0.5, 0.6) is 0 Å². The van der Waals surface area contributed by atoms with Crippen LogP contribution in [-0.2, 0) is 11.0 Å². The van der Waals surface area contributed by atoms with Crippen molar-refractivity contribution in [2.24, 2.45) is 5.92 Å². The number of fused-ring (bicyclic) bond motifs is 1. The number of alkyl halides is 3. The van der Waals surface area contributed by atoms with Crippen molar-refractivity contribution >= 4 is 17.4 Å². The zero-order valence-electron chi connectivity index (χ0n) is 14.3. The summed E-state index contributed by atoms with van der Waals surface area (Å²) in [6.07, 6.45) is -2.31. The highest BCUT2D eigenvalue weighted by atomic mass is 19.4. The molecule has 0 aliphatic heterocycles. The molecule has 1 N–H and O–H groups in total. The molecule has 1 amide bonds. The molecule has 0 unspecified atom stereocenters. The van der Waals surface area contributed by atoms with Crippen molar-refractivity contribution in [2.45, 2.75) is 26.4 Å². The van der Waals surface area contributed by atoms with E-state index in [2.05, 4.69) is 10.3 Å². The summed E-state index contributed by atoms with van der Waals surface area (Å²) in [5.74, 6) is 0.466. The van der Waals surface area contributed by atoms with Crippen molar-refractivity contribution in [1.29, 1.82) is 0 Å². The molecular weight excluding hydrogens is 343 g/mol. The van der Waals surface area contributed by atoms with Crippen LogP contribution in [-0.4, -0.2) is 15.3 Å². The third-order valence-corrected chi connectivity index (χ3v) is 3.87. The van der Waals surface area contributed by atoms with Gasteiger partial charge in [-0.3, -0.25) is 9.20 Å². The number of hydrogen-bond donors (Lipinski definition) is 1. The largest absolute Gasteiger partial charge is 0.416 e.